The van der Waals surface area contributed by atoms with Crippen molar-refractivity contribution in [3.8, 4) is 11.5 Å². The van der Waals surface area contributed by atoms with Crippen molar-refractivity contribution in [2.75, 3.05) is 13.1 Å². The normalized spacial score (nSPS) is 17.5. The van der Waals surface area contributed by atoms with Crippen LogP contribution in [0.15, 0.2) is 51.7 Å². The van der Waals surface area contributed by atoms with E-state index in [1.54, 1.807) is 11.3 Å². The molecule has 1 atom stereocenters. The van der Waals surface area contributed by atoms with Gasteiger partial charge in [-0.25, -0.2) is 0 Å². The third-order valence-electron chi connectivity index (χ3n) is 5.07. The predicted molar refractivity (Wildman–Crippen MR) is 104 cm³/mol. The third kappa shape index (κ3) is 3.04. The van der Waals surface area contributed by atoms with Crippen LogP contribution in [-0.2, 0) is 0 Å². The Morgan fingerprint density at radius 1 is 1.26 bits per heavy atom. The molecule has 0 saturated carbocycles. The number of carbonyl (C=O) groups is 1. The summed E-state index contributed by atoms with van der Waals surface area (Å²) in [5.41, 5.74) is 2.63. The first-order chi connectivity index (χ1) is 13.3. The summed E-state index contributed by atoms with van der Waals surface area (Å²) in [4.78, 5) is 18.0. The zero-order valence-electron chi connectivity index (χ0n) is 14.6. The molecule has 0 bridgehead atoms. The highest BCUT2D eigenvalue weighted by Crippen LogP contribution is 2.30. The number of likely N-dealkylation sites (tertiary alicyclic amines) is 1. The first-order valence-electron chi connectivity index (χ1n) is 9.00. The summed E-state index contributed by atoms with van der Waals surface area (Å²) in [6.45, 7) is 1.36. The second-order valence-electron chi connectivity index (χ2n) is 6.83. The summed E-state index contributed by atoms with van der Waals surface area (Å²) in [5, 5.41) is 13.5. The van der Waals surface area contributed by atoms with Crippen molar-refractivity contribution in [3.63, 3.8) is 0 Å². The van der Waals surface area contributed by atoms with Crippen molar-refractivity contribution in [1.82, 2.24) is 20.1 Å². The molecule has 4 aromatic rings. The van der Waals surface area contributed by atoms with E-state index in [1.807, 2.05) is 52.2 Å². The van der Waals surface area contributed by atoms with Crippen LogP contribution >= 0.6 is 11.3 Å². The Balaban J connectivity index is 1.35. The second kappa shape index (κ2) is 6.66. The molecule has 0 aliphatic carbocycles. The number of hydrogen-bond donors (Lipinski definition) is 1. The van der Waals surface area contributed by atoms with Gasteiger partial charge in [0, 0.05) is 41.3 Å². The number of amides is 1. The van der Waals surface area contributed by atoms with E-state index < -0.39 is 0 Å². The molecule has 3 aromatic heterocycles. The summed E-state index contributed by atoms with van der Waals surface area (Å²) in [7, 11) is 0. The number of carbonyl (C=O) groups excluding carboxylic acids is 1. The van der Waals surface area contributed by atoms with Crippen LogP contribution in [0.5, 0.6) is 0 Å². The Morgan fingerprint density at radius 2 is 2.22 bits per heavy atom. The minimum absolute atomic E-state index is 0.0498. The second-order valence-corrected chi connectivity index (χ2v) is 7.61. The van der Waals surface area contributed by atoms with Gasteiger partial charge >= 0.3 is 0 Å². The quantitative estimate of drug-likeness (QED) is 0.577. The van der Waals surface area contributed by atoms with E-state index in [0.717, 1.165) is 35.9 Å². The number of fused-ring (bicyclic) bond motifs is 1. The van der Waals surface area contributed by atoms with E-state index in [2.05, 4.69) is 15.2 Å². The molecule has 7 heteroatoms. The van der Waals surface area contributed by atoms with Gasteiger partial charge in [0.15, 0.2) is 0 Å². The summed E-state index contributed by atoms with van der Waals surface area (Å²) in [5.74, 6) is 1.30. The molecule has 4 heterocycles. The van der Waals surface area contributed by atoms with Gasteiger partial charge < -0.3 is 14.3 Å². The topological polar surface area (TPSA) is 75.0 Å². The van der Waals surface area contributed by atoms with Crippen molar-refractivity contribution >= 4 is 28.1 Å². The fourth-order valence-electron chi connectivity index (χ4n) is 3.63. The van der Waals surface area contributed by atoms with Crippen LogP contribution in [0.2, 0.25) is 0 Å². The van der Waals surface area contributed by atoms with Gasteiger partial charge in [0.25, 0.3) is 5.91 Å². The van der Waals surface area contributed by atoms with Crippen LogP contribution < -0.4 is 0 Å². The lowest BCUT2D eigenvalue weighted by atomic mass is 9.97. The Morgan fingerprint density at radius 3 is 3.11 bits per heavy atom. The van der Waals surface area contributed by atoms with Crippen LogP contribution in [0, 0.1) is 0 Å². The number of benzene rings is 1. The fourth-order valence-corrected chi connectivity index (χ4v) is 4.26. The number of piperidine rings is 1. The zero-order chi connectivity index (χ0) is 18.2. The van der Waals surface area contributed by atoms with Crippen LogP contribution in [-0.4, -0.2) is 39.1 Å². The van der Waals surface area contributed by atoms with Gasteiger partial charge in [0.05, 0.1) is 5.92 Å². The molecule has 1 aliphatic rings. The molecule has 1 N–H and O–H groups in total. The van der Waals surface area contributed by atoms with Crippen molar-refractivity contribution < 1.29 is 9.21 Å². The van der Waals surface area contributed by atoms with Crippen LogP contribution in [0.4, 0.5) is 0 Å². The number of H-pyrrole nitrogens is 1. The van der Waals surface area contributed by atoms with Gasteiger partial charge in [-0.2, -0.15) is 11.3 Å². The minimum Gasteiger partial charge on any atom is -0.420 e. The van der Waals surface area contributed by atoms with Gasteiger partial charge in [0.1, 0.15) is 0 Å². The number of thiophene rings is 1. The SMILES string of the molecule is O=C(c1ccc2cc[nH]c2c1)N1CCCC(c2nnc(-c3ccsc3)o2)C1. The van der Waals surface area contributed by atoms with Crippen molar-refractivity contribution in [2.24, 2.45) is 0 Å². The average molecular weight is 378 g/mol. The molecular formula is C20H18N4O2S. The molecule has 0 spiro atoms. The predicted octanol–water partition coefficient (Wildman–Crippen LogP) is 4.30. The number of rotatable bonds is 3. The van der Waals surface area contributed by atoms with E-state index in [0.29, 0.717) is 23.9 Å². The Kier molecular flexibility index (Phi) is 4.01. The molecule has 1 aliphatic heterocycles. The summed E-state index contributed by atoms with van der Waals surface area (Å²) in [6.07, 6.45) is 3.76. The molecule has 1 saturated heterocycles. The summed E-state index contributed by atoms with van der Waals surface area (Å²) < 4.78 is 5.89. The maximum Gasteiger partial charge on any atom is 0.253 e. The van der Waals surface area contributed by atoms with Gasteiger partial charge in [-0.15, -0.1) is 10.2 Å². The van der Waals surface area contributed by atoms with Crippen molar-refractivity contribution in [3.05, 3.63) is 58.7 Å². The van der Waals surface area contributed by atoms with Gasteiger partial charge in [-0.1, -0.05) is 6.07 Å². The number of nitrogens with zero attached hydrogens (tertiary/aromatic N) is 3. The lowest BCUT2D eigenvalue weighted by molar-refractivity contribution is 0.0698. The van der Waals surface area contributed by atoms with E-state index in [9.17, 15) is 4.79 Å². The first kappa shape index (κ1) is 16.3. The molecule has 1 amide bonds. The van der Waals surface area contributed by atoms with Gasteiger partial charge in [-0.3, -0.25) is 4.79 Å². The Labute approximate surface area is 159 Å². The number of aromatic nitrogens is 3. The highest BCUT2D eigenvalue weighted by molar-refractivity contribution is 7.08. The highest BCUT2D eigenvalue weighted by atomic mass is 32.1. The highest BCUT2D eigenvalue weighted by Gasteiger charge is 2.29. The van der Waals surface area contributed by atoms with Gasteiger partial charge in [-0.05, 0) is 47.9 Å². The maximum absolute atomic E-state index is 13.0. The number of hydrogen-bond acceptors (Lipinski definition) is 5. The molecule has 5 rings (SSSR count). The standard InChI is InChI=1S/C20H18N4O2S/c25-20(14-4-3-13-5-7-21-17(13)10-14)24-8-1-2-15(11-24)18-22-23-19(26-18)16-6-9-27-12-16/h3-7,9-10,12,15,21H,1-2,8,11H2. The van der Waals surface area contributed by atoms with Crippen LogP contribution in [0.25, 0.3) is 22.4 Å². The van der Waals surface area contributed by atoms with E-state index in [1.165, 1.54) is 0 Å². The Bertz CT molecular complexity index is 1080. The van der Waals surface area contributed by atoms with Crippen molar-refractivity contribution in [2.45, 2.75) is 18.8 Å². The molecule has 6 nitrogen and oxygen atoms in total. The zero-order valence-corrected chi connectivity index (χ0v) is 15.4. The molecular weight excluding hydrogens is 360 g/mol. The van der Waals surface area contributed by atoms with Crippen molar-refractivity contribution in [1.29, 1.82) is 0 Å². The molecule has 1 fully saturated rings. The lowest BCUT2D eigenvalue weighted by Crippen LogP contribution is -2.39. The van der Waals surface area contributed by atoms with E-state index in [4.69, 9.17) is 4.42 Å². The van der Waals surface area contributed by atoms with Gasteiger partial charge in [0.2, 0.25) is 11.8 Å². The number of aromatic amines is 1. The van der Waals surface area contributed by atoms with Crippen LogP contribution in [0.1, 0.15) is 35.0 Å². The lowest BCUT2D eigenvalue weighted by Gasteiger charge is -2.31. The maximum atomic E-state index is 13.0. The van der Waals surface area contributed by atoms with Crippen LogP contribution in [0.3, 0.4) is 0 Å². The molecule has 136 valence electrons. The van der Waals surface area contributed by atoms with E-state index in [-0.39, 0.29) is 11.8 Å². The molecule has 1 aromatic carbocycles. The third-order valence-corrected chi connectivity index (χ3v) is 5.75. The summed E-state index contributed by atoms with van der Waals surface area (Å²) >= 11 is 1.60. The minimum atomic E-state index is 0.0498. The molecule has 0 radical (unpaired) electrons. The van der Waals surface area contributed by atoms with E-state index >= 15 is 0 Å². The monoisotopic (exact) mass is 378 g/mol. The fraction of sp³-hybridized carbons (Fsp3) is 0.250. The smallest absolute Gasteiger partial charge is 0.253 e. The average Bonchev–Trinajstić information content (AvgIpc) is 3.47. The summed E-state index contributed by atoms with van der Waals surface area (Å²) in [6, 6.07) is 9.76. The first-order valence-corrected chi connectivity index (χ1v) is 9.94. The molecule has 27 heavy (non-hydrogen) atoms. The Hall–Kier alpha value is -2.93. The largest absolute Gasteiger partial charge is 0.420 e. The molecule has 1 unspecified atom stereocenters. The number of nitrogens with one attached hydrogen (secondary N) is 1.